The molecule has 0 aliphatic heterocycles. The van der Waals surface area contributed by atoms with Crippen LogP contribution in [-0.4, -0.2) is 10.7 Å². The second-order valence-corrected chi connectivity index (χ2v) is 4.33. The molecule has 1 aromatic carbocycles. The van der Waals surface area contributed by atoms with Crippen molar-refractivity contribution in [3.8, 4) is 11.3 Å². The van der Waals surface area contributed by atoms with Crippen molar-refractivity contribution in [2.75, 3.05) is 0 Å². The number of pyridine rings is 1. The van der Waals surface area contributed by atoms with Crippen molar-refractivity contribution in [1.29, 1.82) is 0 Å². The Balaban J connectivity index is 2.23. The Hall–Kier alpha value is -1.49. The van der Waals surface area contributed by atoms with Crippen LogP contribution in [0.4, 0.5) is 13.2 Å². The van der Waals surface area contributed by atoms with Gasteiger partial charge in [0, 0.05) is 22.7 Å². The summed E-state index contributed by atoms with van der Waals surface area (Å²) in [6.07, 6.45) is 1.37. The first-order chi connectivity index (χ1) is 8.15. The molecule has 0 aliphatic carbocycles. The Morgan fingerprint density at radius 3 is 2.35 bits per heavy atom. The summed E-state index contributed by atoms with van der Waals surface area (Å²) in [7, 11) is 0. The fraction of sp³-hybridized carbons (Fsp3) is 0.0833. The highest BCUT2D eigenvalue weighted by atomic mass is 32.2. The molecule has 1 nitrogen and oxygen atoms in total. The van der Waals surface area contributed by atoms with Crippen LogP contribution in [0.5, 0.6) is 0 Å². The van der Waals surface area contributed by atoms with E-state index in [1.54, 1.807) is 24.3 Å². The number of halogens is 3. The monoisotopic (exact) mass is 255 g/mol. The molecule has 0 fully saturated rings. The third-order valence-electron chi connectivity index (χ3n) is 2.10. The SMILES string of the molecule is Fc1ccnc(-c2ccc(SC(F)F)cc2)c1. The van der Waals surface area contributed by atoms with Crippen molar-refractivity contribution in [2.45, 2.75) is 10.7 Å². The lowest BCUT2D eigenvalue weighted by Crippen LogP contribution is -1.86. The fourth-order valence-corrected chi connectivity index (χ4v) is 1.87. The number of benzene rings is 1. The molecule has 0 N–H and O–H groups in total. The van der Waals surface area contributed by atoms with Crippen LogP contribution in [0.1, 0.15) is 0 Å². The largest absolute Gasteiger partial charge is 0.288 e. The minimum absolute atomic E-state index is 0.374. The number of rotatable bonds is 3. The first-order valence-corrected chi connectivity index (χ1v) is 5.70. The van der Waals surface area contributed by atoms with Gasteiger partial charge in [-0.1, -0.05) is 23.9 Å². The summed E-state index contributed by atoms with van der Waals surface area (Å²) < 4.78 is 37.2. The van der Waals surface area contributed by atoms with E-state index in [0.717, 1.165) is 0 Å². The van der Waals surface area contributed by atoms with Gasteiger partial charge in [0.05, 0.1) is 5.69 Å². The first-order valence-electron chi connectivity index (χ1n) is 4.82. The number of hydrogen-bond acceptors (Lipinski definition) is 2. The Kier molecular flexibility index (Phi) is 3.68. The first kappa shape index (κ1) is 12.0. The van der Waals surface area contributed by atoms with E-state index in [2.05, 4.69) is 4.98 Å². The van der Waals surface area contributed by atoms with E-state index in [-0.39, 0.29) is 5.82 Å². The highest BCUT2D eigenvalue weighted by Crippen LogP contribution is 2.27. The summed E-state index contributed by atoms with van der Waals surface area (Å²) in [6.45, 7) is 0. The summed E-state index contributed by atoms with van der Waals surface area (Å²) in [5.74, 6) is -2.81. The highest BCUT2D eigenvalue weighted by molar-refractivity contribution is 7.99. The van der Waals surface area contributed by atoms with Gasteiger partial charge in [-0.3, -0.25) is 4.98 Å². The van der Waals surface area contributed by atoms with Gasteiger partial charge in [0.1, 0.15) is 5.82 Å². The van der Waals surface area contributed by atoms with Crippen molar-refractivity contribution in [3.63, 3.8) is 0 Å². The van der Waals surface area contributed by atoms with Crippen molar-refractivity contribution in [2.24, 2.45) is 0 Å². The normalized spacial score (nSPS) is 10.8. The van der Waals surface area contributed by atoms with Gasteiger partial charge in [-0.25, -0.2) is 4.39 Å². The van der Waals surface area contributed by atoms with Crippen molar-refractivity contribution in [1.82, 2.24) is 4.98 Å². The molecule has 0 atom stereocenters. The topological polar surface area (TPSA) is 12.9 Å². The average molecular weight is 255 g/mol. The van der Waals surface area contributed by atoms with Crippen LogP contribution in [0, 0.1) is 5.82 Å². The zero-order chi connectivity index (χ0) is 12.3. The molecule has 17 heavy (non-hydrogen) atoms. The molecule has 5 heteroatoms. The number of nitrogens with zero attached hydrogens (tertiary/aromatic N) is 1. The van der Waals surface area contributed by atoms with E-state index in [0.29, 0.717) is 27.9 Å². The Morgan fingerprint density at radius 2 is 1.76 bits per heavy atom. The van der Waals surface area contributed by atoms with Gasteiger partial charge in [-0.05, 0) is 18.2 Å². The molecule has 0 unspecified atom stereocenters. The molecular formula is C12H8F3NS. The van der Waals surface area contributed by atoms with Crippen LogP contribution in [-0.2, 0) is 0 Å². The predicted octanol–water partition coefficient (Wildman–Crippen LogP) is 4.20. The average Bonchev–Trinajstić information content (AvgIpc) is 2.29. The molecule has 0 saturated heterocycles. The van der Waals surface area contributed by atoms with Crippen molar-refractivity contribution >= 4 is 11.8 Å². The van der Waals surface area contributed by atoms with Gasteiger partial charge >= 0.3 is 0 Å². The summed E-state index contributed by atoms with van der Waals surface area (Å²) in [5.41, 5.74) is 1.18. The molecule has 0 bridgehead atoms. The number of alkyl halides is 2. The maximum absolute atomic E-state index is 13.0. The Morgan fingerprint density at radius 1 is 1.06 bits per heavy atom. The molecule has 0 aliphatic rings. The lowest BCUT2D eigenvalue weighted by molar-refractivity contribution is 0.252. The van der Waals surface area contributed by atoms with Gasteiger partial charge in [0.2, 0.25) is 0 Å². The maximum atomic E-state index is 13.0. The van der Waals surface area contributed by atoms with Gasteiger partial charge < -0.3 is 0 Å². The zero-order valence-corrected chi connectivity index (χ0v) is 9.42. The molecule has 2 aromatic rings. The molecule has 2 rings (SSSR count). The van der Waals surface area contributed by atoms with Crippen LogP contribution in [0.3, 0.4) is 0 Å². The molecule has 1 aromatic heterocycles. The number of aromatic nitrogens is 1. The van der Waals surface area contributed by atoms with Crippen LogP contribution < -0.4 is 0 Å². The smallest absolute Gasteiger partial charge is 0.256 e. The van der Waals surface area contributed by atoms with E-state index in [1.165, 1.54) is 18.3 Å². The fourth-order valence-electron chi connectivity index (χ4n) is 1.37. The predicted molar refractivity (Wildman–Crippen MR) is 61.5 cm³/mol. The summed E-state index contributed by atoms with van der Waals surface area (Å²) >= 11 is 0.478. The second kappa shape index (κ2) is 5.23. The Labute approximate surface area is 101 Å². The molecule has 0 amide bonds. The zero-order valence-electron chi connectivity index (χ0n) is 8.61. The van der Waals surface area contributed by atoms with E-state index in [4.69, 9.17) is 0 Å². The number of hydrogen-bond donors (Lipinski definition) is 0. The molecule has 88 valence electrons. The second-order valence-electron chi connectivity index (χ2n) is 3.26. The quantitative estimate of drug-likeness (QED) is 0.762. The summed E-state index contributed by atoms with van der Waals surface area (Å²) in [6, 6.07) is 8.98. The standard InChI is InChI=1S/C12H8F3NS/c13-9-5-6-16-11(7-9)8-1-3-10(4-2-8)17-12(14)15/h1-7,12H. The van der Waals surface area contributed by atoms with E-state index < -0.39 is 5.76 Å². The molecule has 1 heterocycles. The van der Waals surface area contributed by atoms with Gasteiger partial charge in [-0.2, -0.15) is 8.78 Å². The lowest BCUT2D eigenvalue weighted by atomic mass is 10.1. The van der Waals surface area contributed by atoms with Crippen LogP contribution in [0.2, 0.25) is 0 Å². The van der Waals surface area contributed by atoms with Crippen LogP contribution >= 0.6 is 11.8 Å². The molecule has 0 radical (unpaired) electrons. The van der Waals surface area contributed by atoms with Crippen LogP contribution in [0.25, 0.3) is 11.3 Å². The molecular weight excluding hydrogens is 247 g/mol. The lowest BCUT2D eigenvalue weighted by Gasteiger charge is -2.03. The van der Waals surface area contributed by atoms with Gasteiger partial charge in [-0.15, -0.1) is 0 Å². The third-order valence-corrected chi connectivity index (χ3v) is 2.82. The Bertz CT molecular complexity index is 499. The van der Waals surface area contributed by atoms with E-state index >= 15 is 0 Å². The van der Waals surface area contributed by atoms with Gasteiger partial charge in [0.15, 0.2) is 0 Å². The van der Waals surface area contributed by atoms with Crippen LogP contribution in [0.15, 0.2) is 47.5 Å². The highest BCUT2D eigenvalue weighted by Gasteiger charge is 2.06. The molecule has 0 saturated carbocycles. The minimum Gasteiger partial charge on any atom is -0.256 e. The maximum Gasteiger partial charge on any atom is 0.288 e. The van der Waals surface area contributed by atoms with Crippen molar-refractivity contribution < 1.29 is 13.2 Å². The third kappa shape index (κ3) is 3.23. The van der Waals surface area contributed by atoms with Gasteiger partial charge in [0.25, 0.3) is 5.76 Å². The number of thioether (sulfide) groups is 1. The van der Waals surface area contributed by atoms with E-state index in [9.17, 15) is 13.2 Å². The minimum atomic E-state index is -2.44. The summed E-state index contributed by atoms with van der Waals surface area (Å²) in [5, 5.41) is 0. The van der Waals surface area contributed by atoms with E-state index in [1.807, 2.05) is 0 Å². The summed E-state index contributed by atoms with van der Waals surface area (Å²) in [4.78, 5) is 4.48. The molecule has 0 spiro atoms. The van der Waals surface area contributed by atoms with Crippen molar-refractivity contribution in [3.05, 3.63) is 48.4 Å².